The number of benzene rings is 1. The van der Waals surface area contributed by atoms with Crippen molar-refractivity contribution in [3.8, 4) is 11.4 Å². The Balaban J connectivity index is 1.50. The quantitative estimate of drug-likeness (QED) is 0.733. The van der Waals surface area contributed by atoms with Gasteiger partial charge in [0.15, 0.2) is 5.13 Å². The Morgan fingerprint density at radius 1 is 1.26 bits per heavy atom. The van der Waals surface area contributed by atoms with Crippen LogP contribution in [0, 0.1) is 0 Å². The predicted molar refractivity (Wildman–Crippen MR) is 94.7 cm³/mol. The van der Waals surface area contributed by atoms with Gasteiger partial charge in [-0.3, -0.25) is 0 Å². The largest absolute Gasteiger partial charge is 0.377 e. The molecule has 2 aliphatic heterocycles. The van der Waals surface area contributed by atoms with Crippen LogP contribution in [0.1, 0.15) is 28.6 Å². The van der Waals surface area contributed by atoms with Gasteiger partial charge < -0.3 is 19.9 Å². The van der Waals surface area contributed by atoms with E-state index in [-0.39, 0.29) is 23.5 Å². The van der Waals surface area contributed by atoms with Crippen LogP contribution >= 0.6 is 11.3 Å². The van der Waals surface area contributed by atoms with Gasteiger partial charge in [-0.1, -0.05) is 34.7 Å². The first kappa shape index (κ1) is 16.6. The van der Waals surface area contributed by atoms with E-state index in [2.05, 4.69) is 15.1 Å². The highest BCUT2D eigenvalue weighted by atomic mass is 32.1. The Kier molecular flexibility index (Phi) is 3.83. The minimum Gasteiger partial charge on any atom is -0.377 e. The van der Waals surface area contributed by atoms with Crippen LogP contribution in [0.25, 0.3) is 11.4 Å². The second-order valence-electron chi connectivity index (χ2n) is 6.51. The highest BCUT2D eigenvalue weighted by Crippen LogP contribution is 2.42. The predicted octanol–water partition coefficient (Wildman–Crippen LogP) is 3.22. The Labute approximate surface area is 156 Å². The second kappa shape index (κ2) is 6.24. The lowest BCUT2D eigenvalue weighted by atomic mass is 9.97. The molecular weight excluding hydrogens is 376 g/mol. The van der Waals surface area contributed by atoms with Crippen molar-refractivity contribution in [3.63, 3.8) is 0 Å². The number of thiazole rings is 1. The molecule has 0 unspecified atom stereocenters. The molecule has 0 amide bonds. The lowest BCUT2D eigenvalue weighted by Crippen LogP contribution is -2.51. The van der Waals surface area contributed by atoms with Gasteiger partial charge in [0.05, 0.1) is 35.9 Å². The molecule has 7 nitrogen and oxygen atoms in total. The molecular formula is C17H15F2N5O2S. The van der Waals surface area contributed by atoms with Crippen molar-refractivity contribution in [2.24, 2.45) is 0 Å². The number of hydrogen-bond donors (Lipinski definition) is 1. The molecule has 27 heavy (non-hydrogen) atoms. The summed E-state index contributed by atoms with van der Waals surface area (Å²) < 4.78 is 37.1. The summed E-state index contributed by atoms with van der Waals surface area (Å²) in [5, 5.41) is 4.53. The smallest absolute Gasteiger partial charge is 0.325 e. The van der Waals surface area contributed by atoms with Gasteiger partial charge in [-0.15, -0.1) is 0 Å². The molecule has 140 valence electrons. The summed E-state index contributed by atoms with van der Waals surface area (Å²) in [5.74, 6) is 0.279. The van der Waals surface area contributed by atoms with E-state index in [9.17, 15) is 8.78 Å². The summed E-state index contributed by atoms with van der Waals surface area (Å²) in [6.45, 7) is 0.996. The zero-order valence-electron chi connectivity index (χ0n) is 14.0. The molecule has 10 heteroatoms. The van der Waals surface area contributed by atoms with Gasteiger partial charge in [-0.25, -0.2) is 13.8 Å². The van der Waals surface area contributed by atoms with Crippen molar-refractivity contribution in [2.75, 3.05) is 23.8 Å². The van der Waals surface area contributed by atoms with Gasteiger partial charge in [0.1, 0.15) is 0 Å². The number of anilines is 2. The topological polar surface area (TPSA) is 90.3 Å². The molecule has 4 heterocycles. The fourth-order valence-corrected chi connectivity index (χ4v) is 4.59. The number of hydrogen-bond acceptors (Lipinski definition) is 8. The molecule has 1 fully saturated rings. The first-order valence-corrected chi connectivity index (χ1v) is 9.25. The van der Waals surface area contributed by atoms with E-state index in [0.717, 1.165) is 10.6 Å². The summed E-state index contributed by atoms with van der Waals surface area (Å²) in [7, 11) is 0. The standard InChI is InChI=1S/C17H15F2N5O2S/c18-14(19)8-2-1-3-9(4-8)15-22-17(26-23-15)24-10-5-11-13(27-16(20)21-11)12(24)7-25-6-10/h1-4,10,12,14H,5-7H2,(H2,20,21)/t10-,12-/m0/s1. The highest BCUT2D eigenvalue weighted by molar-refractivity contribution is 7.15. The number of morpholine rings is 1. The number of aromatic nitrogens is 3. The Morgan fingerprint density at radius 3 is 3.00 bits per heavy atom. The summed E-state index contributed by atoms with van der Waals surface area (Å²) in [6.07, 6.45) is -1.87. The van der Waals surface area contributed by atoms with Gasteiger partial charge in [-0.2, -0.15) is 4.98 Å². The molecule has 2 atom stereocenters. The third-order valence-corrected chi connectivity index (χ3v) is 5.85. The van der Waals surface area contributed by atoms with Crippen LogP contribution in [0.4, 0.5) is 19.9 Å². The van der Waals surface area contributed by atoms with Crippen LogP contribution in [0.2, 0.25) is 0 Å². The molecule has 5 rings (SSSR count). The van der Waals surface area contributed by atoms with Crippen LogP contribution in [-0.4, -0.2) is 34.4 Å². The molecule has 2 aliphatic rings. The van der Waals surface area contributed by atoms with Gasteiger partial charge in [0.2, 0.25) is 5.82 Å². The molecule has 0 aliphatic carbocycles. The number of nitrogens with two attached hydrogens (primary N) is 1. The third kappa shape index (κ3) is 2.76. The Morgan fingerprint density at radius 2 is 2.15 bits per heavy atom. The third-order valence-electron chi connectivity index (χ3n) is 4.82. The second-order valence-corrected chi connectivity index (χ2v) is 7.57. The first-order chi connectivity index (χ1) is 13.1. The minimum absolute atomic E-state index is 0.0125. The lowest BCUT2D eigenvalue weighted by molar-refractivity contribution is 0.0570. The van der Waals surface area contributed by atoms with Gasteiger partial charge in [0, 0.05) is 17.5 Å². The summed E-state index contributed by atoms with van der Waals surface area (Å²) in [5.41, 5.74) is 7.29. The van der Waals surface area contributed by atoms with Crippen molar-refractivity contribution < 1.29 is 18.0 Å². The van der Waals surface area contributed by atoms with E-state index in [0.29, 0.717) is 36.3 Å². The SMILES string of the molecule is Nc1nc2c(s1)[C@@H]1COC[C@H](C2)N1c1nc(-c2cccc(C(F)F)c2)no1. The monoisotopic (exact) mass is 391 g/mol. The zero-order valence-corrected chi connectivity index (χ0v) is 14.8. The first-order valence-electron chi connectivity index (χ1n) is 8.43. The fourth-order valence-electron chi connectivity index (χ4n) is 3.64. The van der Waals surface area contributed by atoms with Crippen molar-refractivity contribution >= 4 is 22.5 Å². The number of halogens is 2. The molecule has 1 aromatic carbocycles. The number of nitrogens with zero attached hydrogens (tertiary/aromatic N) is 4. The average molecular weight is 391 g/mol. The number of rotatable bonds is 3. The molecule has 0 spiro atoms. The van der Waals surface area contributed by atoms with Crippen LogP contribution in [0.3, 0.4) is 0 Å². The fraction of sp³-hybridized carbons (Fsp3) is 0.353. The number of alkyl halides is 2. The summed E-state index contributed by atoms with van der Waals surface area (Å²) in [4.78, 5) is 12.0. The zero-order chi connectivity index (χ0) is 18.5. The molecule has 2 aromatic heterocycles. The van der Waals surface area contributed by atoms with E-state index in [1.807, 2.05) is 4.90 Å². The van der Waals surface area contributed by atoms with E-state index in [4.69, 9.17) is 15.0 Å². The van der Waals surface area contributed by atoms with Gasteiger partial charge >= 0.3 is 6.01 Å². The summed E-state index contributed by atoms with van der Waals surface area (Å²) in [6, 6.07) is 6.26. The molecule has 0 saturated carbocycles. The molecule has 2 N–H and O–H groups in total. The molecule has 2 bridgehead atoms. The van der Waals surface area contributed by atoms with Crippen LogP contribution < -0.4 is 10.6 Å². The Bertz CT molecular complexity index is 991. The van der Waals surface area contributed by atoms with Crippen molar-refractivity contribution in [1.29, 1.82) is 0 Å². The van der Waals surface area contributed by atoms with E-state index < -0.39 is 6.43 Å². The molecule has 1 saturated heterocycles. The van der Waals surface area contributed by atoms with Crippen molar-refractivity contribution in [2.45, 2.75) is 24.9 Å². The average Bonchev–Trinajstić information content (AvgIpc) is 3.28. The maximum absolute atomic E-state index is 13.0. The summed E-state index contributed by atoms with van der Waals surface area (Å²) >= 11 is 1.44. The van der Waals surface area contributed by atoms with Crippen LogP contribution in [0.5, 0.6) is 0 Å². The van der Waals surface area contributed by atoms with E-state index in [1.54, 1.807) is 12.1 Å². The minimum atomic E-state index is -2.55. The van der Waals surface area contributed by atoms with Crippen molar-refractivity contribution in [3.05, 3.63) is 40.4 Å². The lowest BCUT2D eigenvalue weighted by Gasteiger charge is -2.43. The number of ether oxygens (including phenoxy) is 1. The van der Waals surface area contributed by atoms with Crippen molar-refractivity contribution in [1.82, 2.24) is 15.1 Å². The maximum atomic E-state index is 13.0. The number of nitrogen functional groups attached to an aromatic ring is 1. The van der Waals surface area contributed by atoms with Crippen LogP contribution in [0.15, 0.2) is 28.8 Å². The highest BCUT2D eigenvalue weighted by Gasteiger charge is 2.42. The van der Waals surface area contributed by atoms with Gasteiger partial charge in [0.25, 0.3) is 6.43 Å². The maximum Gasteiger partial charge on any atom is 0.325 e. The molecule has 0 radical (unpaired) electrons. The number of fused-ring (bicyclic) bond motifs is 4. The van der Waals surface area contributed by atoms with E-state index >= 15 is 0 Å². The molecule has 3 aromatic rings. The van der Waals surface area contributed by atoms with Gasteiger partial charge in [-0.05, 0) is 6.07 Å². The Hall–Kier alpha value is -2.59. The van der Waals surface area contributed by atoms with E-state index in [1.165, 1.54) is 23.5 Å². The van der Waals surface area contributed by atoms with Crippen LogP contribution in [-0.2, 0) is 11.2 Å². The normalized spacial score (nSPS) is 21.5.